The molecule has 0 spiro atoms. The predicted octanol–water partition coefficient (Wildman–Crippen LogP) is 1.66. The van der Waals surface area contributed by atoms with Crippen LogP contribution in [0.3, 0.4) is 0 Å². The molecule has 5 nitrogen and oxygen atoms in total. The van der Waals surface area contributed by atoms with Crippen molar-refractivity contribution in [2.24, 2.45) is 5.73 Å². The Hall–Kier alpha value is -0.720. The number of nitrogens with zero attached hydrogens (tertiary/aromatic N) is 3. The van der Waals surface area contributed by atoms with Gasteiger partial charge >= 0.3 is 0 Å². The number of hydrogen-bond donors (Lipinski definition) is 1. The minimum Gasteiger partial charge on any atom is -0.319 e. The van der Waals surface area contributed by atoms with E-state index in [1.165, 1.54) is 0 Å². The maximum atomic E-state index is 12.7. The summed E-state index contributed by atoms with van der Waals surface area (Å²) in [6.07, 6.45) is 5.30. The number of aromatic nitrogens is 2. The van der Waals surface area contributed by atoms with E-state index in [0.717, 1.165) is 36.7 Å². The first-order chi connectivity index (χ1) is 8.94. The molecule has 0 radical (unpaired) electrons. The Bertz CT molecular complexity index is 463. The zero-order valence-electron chi connectivity index (χ0n) is 11.5. The van der Waals surface area contributed by atoms with Gasteiger partial charge in [-0.1, -0.05) is 12.8 Å². The van der Waals surface area contributed by atoms with Crippen LogP contribution >= 0.6 is 15.9 Å². The minimum atomic E-state index is -0.696. The van der Waals surface area contributed by atoms with Crippen molar-refractivity contribution >= 4 is 21.7 Å². The Morgan fingerprint density at radius 1 is 1.53 bits per heavy atom. The van der Waals surface area contributed by atoms with Gasteiger partial charge in [0.25, 0.3) is 0 Å². The van der Waals surface area contributed by atoms with Crippen molar-refractivity contribution in [3.8, 4) is 0 Å². The van der Waals surface area contributed by atoms with Crippen LogP contribution < -0.4 is 5.73 Å². The number of halogens is 1. The van der Waals surface area contributed by atoms with E-state index in [-0.39, 0.29) is 5.78 Å². The van der Waals surface area contributed by atoms with E-state index in [4.69, 9.17) is 5.73 Å². The van der Waals surface area contributed by atoms with Crippen LogP contribution in [0.5, 0.6) is 0 Å². The molecule has 6 heteroatoms. The summed E-state index contributed by atoms with van der Waals surface area (Å²) >= 11 is 3.42. The summed E-state index contributed by atoms with van der Waals surface area (Å²) < 4.78 is 2.51. The SMILES string of the molecule is CN(C)CCn1ncc(Br)c1C(=O)C1(N)CCCC1. The maximum Gasteiger partial charge on any atom is 0.201 e. The van der Waals surface area contributed by atoms with Gasteiger partial charge in [0.05, 0.1) is 22.8 Å². The highest BCUT2D eigenvalue weighted by atomic mass is 79.9. The number of carbonyl (C=O) groups excluding carboxylic acids is 1. The number of nitrogens with two attached hydrogens (primary N) is 1. The Morgan fingerprint density at radius 3 is 2.74 bits per heavy atom. The fourth-order valence-electron chi connectivity index (χ4n) is 2.52. The van der Waals surface area contributed by atoms with Gasteiger partial charge in [-0.3, -0.25) is 9.48 Å². The van der Waals surface area contributed by atoms with Crippen molar-refractivity contribution in [3.05, 3.63) is 16.4 Å². The maximum absolute atomic E-state index is 12.7. The lowest BCUT2D eigenvalue weighted by atomic mass is 9.91. The summed E-state index contributed by atoms with van der Waals surface area (Å²) in [7, 11) is 4.00. The number of hydrogen-bond acceptors (Lipinski definition) is 4. The lowest BCUT2D eigenvalue weighted by Gasteiger charge is -2.22. The lowest BCUT2D eigenvalue weighted by Crippen LogP contribution is -2.46. The van der Waals surface area contributed by atoms with Crippen molar-refractivity contribution in [2.45, 2.75) is 37.8 Å². The number of carbonyl (C=O) groups is 1. The van der Waals surface area contributed by atoms with Gasteiger partial charge < -0.3 is 10.6 Å². The molecule has 19 heavy (non-hydrogen) atoms. The fourth-order valence-corrected chi connectivity index (χ4v) is 3.00. The van der Waals surface area contributed by atoms with Crippen LogP contribution in [-0.2, 0) is 6.54 Å². The van der Waals surface area contributed by atoms with Gasteiger partial charge in [0.1, 0.15) is 5.69 Å². The van der Waals surface area contributed by atoms with Crippen LogP contribution in [0, 0.1) is 0 Å². The topological polar surface area (TPSA) is 64.2 Å². The molecule has 0 unspecified atom stereocenters. The van der Waals surface area contributed by atoms with Crippen molar-refractivity contribution in [1.82, 2.24) is 14.7 Å². The zero-order valence-corrected chi connectivity index (χ0v) is 13.1. The monoisotopic (exact) mass is 328 g/mol. The first kappa shape index (κ1) is 14.7. The van der Waals surface area contributed by atoms with Gasteiger partial charge in [-0.25, -0.2) is 0 Å². The van der Waals surface area contributed by atoms with E-state index in [2.05, 4.69) is 25.9 Å². The third-order valence-electron chi connectivity index (χ3n) is 3.72. The van der Waals surface area contributed by atoms with Gasteiger partial charge in [0.2, 0.25) is 5.78 Å². The van der Waals surface area contributed by atoms with Crippen molar-refractivity contribution in [2.75, 3.05) is 20.6 Å². The minimum absolute atomic E-state index is 0.0214. The smallest absolute Gasteiger partial charge is 0.201 e. The molecule has 1 heterocycles. The lowest BCUT2D eigenvalue weighted by molar-refractivity contribution is 0.0879. The summed E-state index contributed by atoms with van der Waals surface area (Å²) in [6.45, 7) is 1.53. The highest BCUT2D eigenvalue weighted by Gasteiger charge is 2.39. The van der Waals surface area contributed by atoms with Crippen LogP contribution in [0.15, 0.2) is 10.7 Å². The zero-order chi connectivity index (χ0) is 14.0. The summed E-state index contributed by atoms with van der Waals surface area (Å²) in [5.41, 5.74) is 6.19. The van der Waals surface area contributed by atoms with Gasteiger partial charge in [0, 0.05) is 6.54 Å². The Balaban J connectivity index is 2.23. The standard InChI is InChI=1S/C13H21BrN4O/c1-17(2)7-8-18-11(10(14)9-16-18)12(19)13(15)5-3-4-6-13/h9H,3-8,15H2,1-2H3. The first-order valence-corrected chi connectivity index (χ1v) is 7.43. The molecule has 0 aromatic carbocycles. The number of Topliss-reactive ketones (excluding diaryl/α,β-unsaturated/α-hetero) is 1. The van der Waals surface area contributed by atoms with Gasteiger partial charge in [0.15, 0.2) is 0 Å². The largest absolute Gasteiger partial charge is 0.319 e. The summed E-state index contributed by atoms with van der Waals surface area (Å²) in [5, 5.41) is 4.28. The van der Waals surface area contributed by atoms with E-state index >= 15 is 0 Å². The Kier molecular flexibility index (Phi) is 4.43. The van der Waals surface area contributed by atoms with E-state index in [1.54, 1.807) is 10.9 Å². The highest BCUT2D eigenvalue weighted by Crippen LogP contribution is 2.32. The quantitative estimate of drug-likeness (QED) is 0.835. The van der Waals surface area contributed by atoms with Crippen molar-refractivity contribution in [3.63, 3.8) is 0 Å². The Morgan fingerprint density at radius 2 is 2.16 bits per heavy atom. The van der Waals surface area contributed by atoms with Crippen LogP contribution in [-0.4, -0.2) is 46.6 Å². The normalized spacial score (nSPS) is 18.2. The van der Waals surface area contributed by atoms with Gasteiger partial charge in [-0.15, -0.1) is 0 Å². The van der Waals surface area contributed by atoms with Gasteiger partial charge in [-0.2, -0.15) is 5.10 Å². The van der Waals surface area contributed by atoms with E-state index in [1.807, 2.05) is 14.1 Å². The molecule has 1 fully saturated rings. The molecule has 1 aromatic rings. The molecule has 1 aliphatic rings. The van der Waals surface area contributed by atoms with Crippen LogP contribution in [0.4, 0.5) is 0 Å². The van der Waals surface area contributed by atoms with Crippen molar-refractivity contribution in [1.29, 1.82) is 0 Å². The van der Waals surface area contributed by atoms with Crippen LogP contribution in [0.1, 0.15) is 36.2 Å². The Labute approximate surface area is 122 Å². The molecule has 106 valence electrons. The van der Waals surface area contributed by atoms with Crippen LogP contribution in [0.25, 0.3) is 0 Å². The number of ketones is 1. The number of likely N-dealkylation sites (N-methyl/N-ethyl adjacent to an activating group) is 1. The average molecular weight is 329 g/mol. The molecule has 0 aliphatic heterocycles. The molecular weight excluding hydrogens is 308 g/mol. The summed E-state index contributed by atoms with van der Waals surface area (Å²) in [5.74, 6) is 0.0214. The fraction of sp³-hybridized carbons (Fsp3) is 0.692. The molecule has 0 atom stereocenters. The van der Waals surface area contributed by atoms with E-state index in [9.17, 15) is 4.79 Å². The second-order valence-corrected chi connectivity index (χ2v) is 6.41. The van der Waals surface area contributed by atoms with Gasteiger partial charge in [-0.05, 0) is 42.9 Å². The molecular formula is C13H21BrN4O. The molecule has 2 rings (SSSR count). The summed E-state index contributed by atoms with van der Waals surface area (Å²) in [6, 6.07) is 0. The summed E-state index contributed by atoms with van der Waals surface area (Å²) in [4.78, 5) is 14.8. The third-order valence-corrected chi connectivity index (χ3v) is 4.30. The predicted molar refractivity (Wildman–Crippen MR) is 78.2 cm³/mol. The molecule has 1 aliphatic carbocycles. The third kappa shape index (κ3) is 3.07. The molecule has 1 saturated carbocycles. The van der Waals surface area contributed by atoms with Crippen molar-refractivity contribution < 1.29 is 4.79 Å². The average Bonchev–Trinajstić information content (AvgIpc) is 2.93. The molecule has 0 bridgehead atoms. The number of rotatable bonds is 5. The van der Waals surface area contributed by atoms with E-state index < -0.39 is 5.54 Å². The molecule has 1 aromatic heterocycles. The second-order valence-electron chi connectivity index (χ2n) is 5.56. The highest BCUT2D eigenvalue weighted by molar-refractivity contribution is 9.10. The molecule has 0 saturated heterocycles. The van der Waals surface area contributed by atoms with Crippen LogP contribution in [0.2, 0.25) is 0 Å². The molecule has 2 N–H and O–H groups in total. The first-order valence-electron chi connectivity index (χ1n) is 6.64. The van der Waals surface area contributed by atoms with E-state index in [0.29, 0.717) is 12.2 Å². The second kappa shape index (κ2) is 5.73. The molecule has 0 amide bonds.